The summed E-state index contributed by atoms with van der Waals surface area (Å²) in [4.78, 5) is 36.9. The van der Waals surface area contributed by atoms with Crippen molar-refractivity contribution in [2.24, 2.45) is 0 Å². The van der Waals surface area contributed by atoms with Crippen LogP contribution in [0.5, 0.6) is 5.75 Å². The van der Waals surface area contributed by atoms with Gasteiger partial charge in [0, 0.05) is 11.8 Å². The first-order valence-electron chi connectivity index (χ1n) is 5.72. The lowest BCUT2D eigenvalue weighted by atomic mass is 10.2. The summed E-state index contributed by atoms with van der Waals surface area (Å²) in [5, 5.41) is 8.73. The van der Waals surface area contributed by atoms with Crippen molar-refractivity contribution in [2.75, 3.05) is 7.11 Å². The molecule has 0 fully saturated rings. The monoisotopic (exact) mass is 276 g/mol. The normalized spacial score (nSPS) is 10.2. The van der Waals surface area contributed by atoms with Crippen LogP contribution in [0.1, 0.15) is 5.56 Å². The van der Waals surface area contributed by atoms with Crippen LogP contribution in [0.4, 0.5) is 0 Å². The highest BCUT2D eigenvalue weighted by Crippen LogP contribution is 2.12. The fourth-order valence-corrected chi connectivity index (χ4v) is 1.77. The highest BCUT2D eigenvalue weighted by atomic mass is 16.5. The Morgan fingerprint density at radius 2 is 1.95 bits per heavy atom. The van der Waals surface area contributed by atoms with Crippen LogP contribution in [0.25, 0.3) is 5.69 Å². The molecule has 1 aromatic heterocycles. The number of carbonyl (C=O) groups is 1. The van der Waals surface area contributed by atoms with E-state index in [1.54, 1.807) is 24.3 Å². The molecule has 0 spiro atoms. The highest BCUT2D eigenvalue weighted by Gasteiger charge is 2.11. The van der Waals surface area contributed by atoms with Gasteiger partial charge >= 0.3 is 11.7 Å². The molecule has 0 saturated heterocycles. The zero-order valence-corrected chi connectivity index (χ0v) is 10.6. The summed E-state index contributed by atoms with van der Waals surface area (Å²) in [6.07, 6.45) is 0.671. The zero-order valence-electron chi connectivity index (χ0n) is 10.6. The number of aromatic amines is 1. The van der Waals surface area contributed by atoms with Crippen LogP contribution in [0.3, 0.4) is 0 Å². The third-order valence-electron chi connectivity index (χ3n) is 2.72. The third-order valence-corrected chi connectivity index (χ3v) is 2.72. The molecule has 7 heteroatoms. The summed E-state index contributed by atoms with van der Waals surface area (Å²) in [7, 11) is 1.50. The molecule has 1 heterocycles. The van der Waals surface area contributed by atoms with E-state index in [9.17, 15) is 14.4 Å². The van der Waals surface area contributed by atoms with E-state index in [-0.39, 0.29) is 5.56 Å². The lowest BCUT2D eigenvalue weighted by molar-refractivity contribution is -0.136. The quantitative estimate of drug-likeness (QED) is 0.828. The van der Waals surface area contributed by atoms with Crippen molar-refractivity contribution in [3.05, 3.63) is 56.9 Å². The number of aromatic nitrogens is 2. The molecule has 104 valence electrons. The van der Waals surface area contributed by atoms with Gasteiger partial charge in [0.2, 0.25) is 0 Å². The molecule has 2 aromatic rings. The Kier molecular flexibility index (Phi) is 3.69. The van der Waals surface area contributed by atoms with Crippen LogP contribution in [-0.2, 0) is 11.2 Å². The minimum absolute atomic E-state index is 0.00733. The van der Waals surface area contributed by atoms with Gasteiger partial charge in [-0.25, -0.2) is 9.36 Å². The lowest BCUT2D eigenvalue weighted by Crippen LogP contribution is -2.36. The Bertz CT molecular complexity index is 743. The Balaban J connectivity index is 2.57. The second kappa shape index (κ2) is 5.43. The molecule has 0 aliphatic carbocycles. The molecule has 1 aromatic carbocycles. The van der Waals surface area contributed by atoms with Gasteiger partial charge in [0.15, 0.2) is 0 Å². The summed E-state index contributed by atoms with van der Waals surface area (Å²) >= 11 is 0. The first-order valence-corrected chi connectivity index (χ1v) is 5.72. The number of rotatable bonds is 4. The van der Waals surface area contributed by atoms with Gasteiger partial charge in [-0.2, -0.15) is 0 Å². The Labute approximate surface area is 113 Å². The van der Waals surface area contributed by atoms with Crippen molar-refractivity contribution in [1.82, 2.24) is 9.55 Å². The van der Waals surface area contributed by atoms with Gasteiger partial charge < -0.3 is 14.8 Å². The number of H-pyrrole nitrogens is 1. The topological polar surface area (TPSA) is 101 Å². The van der Waals surface area contributed by atoms with E-state index in [0.29, 0.717) is 11.4 Å². The maximum absolute atomic E-state index is 12.1. The molecule has 0 aliphatic rings. The van der Waals surface area contributed by atoms with E-state index in [0.717, 1.165) is 10.8 Å². The van der Waals surface area contributed by atoms with Crippen molar-refractivity contribution < 1.29 is 14.6 Å². The fraction of sp³-hybridized carbons (Fsp3) is 0.154. The minimum Gasteiger partial charge on any atom is -0.497 e. The SMILES string of the molecule is COc1ccc(-n2c(=O)[nH]cc(CC(=O)O)c2=O)cc1. The molecule has 2 rings (SSSR count). The molecule has 7 nitrogen and oxygen atoms in total. The van der Waals surface area contributed by atoms with Crippen LogP contribution in [0.2, 0.25) is 0 Å². The fourth-order valence-electron chi connectivity index (χ4n) is 1.77. The first kappa shape index (κ1) is 13.6. The second-order valence-corrected chi connectivity index (χ2v) is 4.03. The molecule has 0 unspecified atom stereocenters. The van der Waals surface area contributed by atoms with E-state index in [4.69, 9.17) is 9.84 Å². The van der Waals surface area contributed by atoms with Crippen molar-refractivity contribution in [3.63, 3.8) is 0 Å². The standard InChI is InChI=1S/C13H12N2O5/c1-20-10-4-2-9(3-5-10)15-12(18)8(6-11(16)17)7-14-13(15)19/h2-5,7H,6H2,1H3,(H,14,19)(H,16,17). The van der Waals surface area contributed by atoms with Gasteiger partial charge in [-0.3, -0.25) is 9.59 Å². The number of benzene rings is 1. The predicted octanol–water partition coefficient (Wildman–Crippen LogP) is 0.161. The molecule has 0 saturated carbocycles. The van der Waals surface area contributed by atoms with Crippen molar-refractivity contribution >= 4 is 5.97 Å². The average molecular weight is 276 g/mol. The maximum atomic E-state index is 12.1. The molecule has 20 heavy (non-hydrogen) atoms. The largest absolute Gasteiger partial charge is 0.497 e. The van der Waals surface area contributed by atoms with E-state index >= 15 is 0 Å². The summed E-state index contributed by atoms with van der Waals surface area (Å²) < 4.78 is 5.88. The summed E-state index contributed by atoms with van der Waals surface area (Å²) in [5.41, 5.74) is -0.937. The minimum atomic E-state index is -1.14. The first-order chi connectivity index (χ1) is 9.52. The molecule has 0 amide bonds. The van der Waals surface area contributed by atoms with Crippen molar-refractivity contribution in [3.8, 4) is 11.4 Å². The third kappa shape index (κ3) is 2.61. The lowest BCUT2D eigenvalue weighted by Gasteiger charge is -2.07. The number of hydrogen-bond donors (Lipinski definition) is 2. The van der Waals surface area contributed by atoms with Crippen LogP contribution in [-0.4, -0.2) is 27.7 Å². The smallest absolute Gasteiger partial charge is 0.332 e. The molecule has 0 bridgehead atoms. The van der Waals surface area contributed by atoms with Crippen LogP contribution >= 0.6 is 0 Å². The molecule has 0 aliphatic heterocycles. The zero-order chi connectivity index (χ0) is 14.7. The number of nitrogens with zero attached hydrogens (tertiary/aromatic N) is 1. The number of aliphatic carboxylic acids is 1. The second-order valence-electron chi connectivity index (χ2n) is 4.03. The van der Waals surface area contributed by atoms with Crippen LogP contribution in [0, 0.1) is 0 Å². The number of carboxylic acid groups (broad SMARTS) is 1. The number of methoxy groups -OCH3 is 1. The van der Waals surface area contributed by atoms with Crippen molar-refractivity contribution in [1.29, 1.82) is 0 Å². The summed E-state index contributed by atoms with van der Waals surface area (Å²) in [5.74, 6) is -0.560. The van der Waals surface area contributed by atoms with Crippen LogP contribution < -0.4 is 16.0 Å². The predicted molar refractivity (Wildman–Crippen MR) is 70.6 cm³/mol. The number of hydrogen-bond acceptors (Lipinski definition) is 4. The van der Waals surface area contributed by atoms with Gasteiger partial charge in [-0.05, 0) is 24.3 Å². The Morgan fingerprint density at radius 1 is 1.30 bits per heavy atom. The molecular weight excluding hydrogens is 264 g/mol. The molecule has 2 N–H and O–H groups in total. The Morgan fingerprint density at radius 3 is 2.50 bits per heavy atom. The van der Waals surface area contributed by atoms with E-state index in [1.807, 2.05) is 0 Å². The van der Waals surface area contributed by atoms with Gasteiger partial charge in [-0.15, -0.1) is 0 Å². The summed E-state index contributed by atoms with van der Waals surface area (Å²) in [6, 6.07) is 6.29. The number of carboxylic acids is 1. The van der Waals surface area contributed by atoms with E-state index in [2.05, 4.69) is 4.98 Å². The van der Waals surface area contributed by atoms with Gasteiger partial charge in [0.1, 0.15) is 5.75 Å². The van der Waals surface area contributed by atoms with E-state index in [1.165, 1.54) is 7.11 Å². The molecular formula is C13H12N2O5. The number of ether oxygens (including phenoxy) is 1. The average Bonchev–Trinajstić information content (AvgIpc) is 2.42. The van der Waals surface area contributed by atoms with Crippen molar-refractivity contribution in [2.45, 2.75) is 6.42 Å². The van der Waals surface area contributed by atoms with E-state index < -0.39 is 23.6 Å². The highest BCUT2D eigenvalue weighted by molar-refractivity contribution is 5.69. The molecule has 0 atom stereocenters. The van der Waals surface area contributed by atoms with Gasteiger partial charge in [0.25, 0.3) is 5.56 Å². The Hall–Kier alpha value is -2.83. The maximum Gasteiger partial charge on any atom is 0.332 e. The van der Waals surface area contributed by atoms with Gasteiger partial charge in [0.05, 0.1) is 19.2 Å². The number of nitrogens with one attached hydrogen (secondary N) is 1. The summed E-state index contributed by atoms with van der Waals surface area (Å²) in [6.45, 7) is 0. The molecule has 0 radical (unpaired) electrons. The van der Waals surface area contributed by atoms with Crippen LogP contribution in [0.15, 0.2) is 40.1 Å². The van der Waals surface area contributed by atoms with Gasteiger partial charge in [-0.1, -0.05) is 0 Å².